The summed E-state index contributed by atoms with van der Waals surface area (Å²) >= 11 is 1.13. The van der Waals surface area contributed by atoms with Crippen molar-refractivity contribution in [3.63, 3.8) is 0 Å². The van der Waals surface area contributed by atoms with Crippen LogP contribution in [0.4, 0.5) is 4.79 Å². The Morgan fingerprint density at radius 2 is 1.83 bits per heavy atom. The molecule has 18 heavy (non-hydrogen) atoms. The summed E-state index contributed by atoms with van der Waals surface area (Å²) in [6, 6.07) is 10.4. The van der Waals surface area contributed by atoms with E-state index in [2.05, 4.69) is 29.6 Å². The minimum Gasteiger partial charge on any atom is -0.286 e. The Bertz CT molecular complexity index is 419. The molecule has 0 saturated carbocycles. The van der Waals surface area contributed by atoms with Gasteiger partial charge in [-0.2, -0.15) is 0 Å². The SMILES string of the molecule is O=C1NC(=O)C(CCCCCc2ccccc2)S1. The molecule has 4 heteroatoms. The van der Waals surface area contributed by atoms with Gasteiger partial charge >= 0.3 is 0 Å². The molecule has 1 aliphatic rings. The molecule has 0 aliphatic carbocycles. The lowest BCUT2D eigenvalue weighted by Gasteiger charge is -2.05. The second-order valence-corrected chi connectivity index (χ2v) is 5.64. The number of benzene rings is 1. The standard InChI is InChI=1S/C14H17NO2S/c16-13-12(18-14(17)15-13)10-6-2-5-9-11-7-3-1-4-8-11/h1,3-4,7-8,12H,2,5-6,9-10H2,(H,15,16,17). The largest absolute Gasteiger partial charge is 0.286 e. The Hall–Kier alpha value is -1.29. The van der Waals surface area contributed by atoms with Crippen LogP contribution in [-0.4, -0.2) is 16.4 Å². The zero-order valence-electron chi connectivity index (χ0n) is 10.2. The molecule has 3 nitrogen and oxygen atoms in total. The maximum atomic E-state index is 11.3. The number of rotatable bonds is 6. The fourth-order valence-electron chi connectivity index (χ4n) is 2.06. The van der Waals surface area contributed by atoms with Gasteiger partial charge in [0.2, 0.25) is 5.91 Å². The summed E-state index contributed by atoms with van der Waals surface area (Å²) in [4.78, 5) is 22.3. The summed E-state index contributed by atoms with van der Waals surface area (Å²) in [5.74, 6) is -0.118. The number of hydrogen-bond acceptors (Lipinski definition) is 3. The third-order valence-corrected chi connectivity index (χ3v) is 4.09. The summed E-state index contributed by atoms with van der Waals surface area (Å²) in [5.41, 5.74) is 1.36. The molecule has 1 unspecified atom stereocenters. The lowest BCUT2D eigenvalue weighted by molar-refractivity contribution is -0.119. The van der Waals surface area contributed by atoms with E-state index in [1.165, 1.54) is 5.56 Å². The molecule has 2 amide bonds. The van der Waals surface area contributed by atoms with Crippen LogP contribution in [0.1, 0.15) is 31.2 Å². The van der Waals surface area contributed by atoms with E-state index < -0.39 is 0 Å². The Labute approximate surface area is 111 Å². The number of carbonyl (C=O) groups is 2. The zero-order valence-corrected chi connectivity index (χ0v) is 11.0. The van der Waals surface area contributed by atoms with E-state index in [9.17, 15) is 9.59 Å². The predicted octanol–water partition coefficient (Wildman–Crippen LogP) is 3.14. The van der Waals surface area contributed by atoms with E-state index in [0.29, 0.717) is 0 Å². The van der Waals surface area contributed by atoms with Gasteiger partial charge in [0.05, 0.1) is 5.25 Å². The quantitative estimate of drug-likeness (QED) is 0.802. The molecule has 0 aromatic heterocycles. The summed E-state index contributed by atoms with van der Waals surface area (Å²) in [6.45, 7) is 0. The highest BCUT2D eigenvalue weighted by molar-refractivity contribution is 8.15. The smallest absolute Gasteiger partial charge is 0.286 e. The lowest BCUT2D eigenvalue weighted by Crippen LogP contribution is -2.24. The maximum Gasteiger partial charge on any atom is 0.286 e. The van der Waals surface area contributed by atoms with E-state index in [-0.39, 0.29) is 16.4 Å². The van der Waals surface area contributed by atoms with Crippen molar-refractivity contribution < 1.29 is 9.59 Å². The van der Waals surface area contributed by atoms with E-state index >= 15 is 0 Å². The monoisotopic (exact) mass is 263 g/mol. The molecular weight excluding hydrogens is 246 g/mol. The van der Waals surface area contributed by atoms with Crippen molar-refractivity contribution in [2.45, 2.75) is 37.4 Å². The van der Waals surface area contributed by atoms with Gasteiger partial charge in [-0.05, 0) is 24.8 Å². The molecule has 1 aromatic rings. The lowest BCUT2D eigenvalue weighted by atomic mass is 10.1. The summed E-state index contributed by atoms with van der Waals surface area (Å²) in [5, 5.41) is 1.96. The number of imide groups is 1. The van der Waals surface area contributed by atoms with E-state index in [0.717, 1.165) is 43.9 Å². The molecule has 96 valence electrons. The second kappa shape index (κ2) is 6.59. The number of hydrogen-bond donors (Lipinski definition) is 1. The van der Waals surface area contributed by atoms with Gasteiger partial charge in [-0.15, -0.1) is 0 Å². The average Bonchev–Trinajstić information content (AvgIpc) is 2.69. The van der Waals surface area contributed by atoms with Crippen molar-refractivity contribution in [2.24, 2.45) is 0 Å². The third kappa shape index (κ3) is 3.88. The normalized spacial score (nSPS) is 19.0. The highest BCUT2D eigenvalue weighted by atomic mass is 32.2. The van der Waals surface area contributed by atoms with Gasteiger partial charge < -0.3 is 0 Å². The number of carbonyl (C=O) groups excluding carboxylic acids is 2. The molecular formula is C14H17NO2S. The van der Waals surface area contributed by atoms with Gasteiger partial charge in [0.25, 0.3) is 5.24 Å². The van der Waals surface area contributed by atoms with Crippen molar-refractivity contribution >= 4 is 22.9 Å². The van der Waals surface area contributed by atoms with Gasteiger partial charge in [0, 0.05) is 0 Å². The van der Waals surface area contributed by atoms with Crippen molar-refractivity contribution in [1.29, 1.82) is 0 Å². The fraction of sp³-hybridized carbons (Fsp3) is 0.429. The van der Waals surface area contributed by atoms with Crippen LogP contribution in [-0.2, 0) is 11.2 Å². The fourth-order valence-corrected chi connectivity index (χ4v) is 2.93. The molecule has 1 fully saturated rings. The van der Waals surface area contributed by atoms with Gasteiger partial charge in [-0.3, -0.25) is 14.9 Å². The van der Waals surface area contributed by atoms with Crippen molar-refractivity contribution in [3.8, 4) is 0 Å². The van der Waals surface area contributed by atoms with Crippen molar-refractivity contribution in [3.05, 3.63) is 35.9 Å². The predicted molar refractivity (Wildman–Crippen MR) is 73.5 cm³/mol. The Kier molecular flexibility index (Phi) is 4.81. The van der Waals surface area contributed by atoms with Gasteiger partial charge in [0.15, 0.2) is 0 Å². The third-order valence-electron chi connectivity index (χ3n) is 3.04. The number of unbranched alkanes of at least 4 members (excludes halogenated alkanes) is 2. The molecule has 1 atom stereocenters. The minimum atomic E-state index is -0.200. The first-order valence-electron chi connectivity index (χ1n) is 6.31. The first-order valence-corrected chi connectivity index (χ1v) is 7.19. The summed E-state index contributed by atoms with van der Waals surface area (Å²) in [7, 11) is 0. The van der Waals surface area contributed by atoms with E-state index in [1.807, 2.05) is 6.07 Å². The highest BCUT2D eigenvalue weighted by Gasteiger charge is 2.30. The second-order valence-electron chi connectivity index (χ2n) is 4.47. The van der Waals surface area contributed by atoms with E-state index in [4.69, 9.17) is 0 Å². The number of thioether (sulfide) groups is 1. The van der Waals surface area contributed by atoms with Crippen LogP contribution >= 0.6 is 11.8 Å². The maximum absolute atomic E-state index is 11.3. The van der Waals surface area contributed by atoms with Gasteiger partial charge in [-0.25, -0.2) is 0 Å². The van der Waals surface area contributed by atoms with Gasteiger partial charge in [0.1, 0.15) is 0 Å². The zero-order chi connectivity index (χ0) is 12.8. The van der Waals surface area contributed by atoms with Crippen LogP contribution in [0, 0.1) is 0 Å². The molecule has 1 saturated heterocycles. The molecule has 0 bridgehead atoms. The van der Waals surface area contributed by atoms with Crippen LogP contribution in [0.25, 0.3) is 0 Å². The number of aryl methyl sites for hydroxylation is 1. The Balaban J connectivity index is 1.59. The van der Waals surface area contributed by atoms with Crippen LogP contribution in [0.3, 0.4) is 0 Å². The van der Waals surface area contributed by atoms with Crippen molar-refractivity contribution in [1.82, 2.24) is 5.32 Å². The average molecular weight is 263 g/mol. The molecule has 2 rings (SSSR count). The van der Waals surface area contributed by atoms with Crippen molar-refractivity contribution in [2.75, 3.05) is 0 Å². The van der Waals surface area contributed by atoms with Crippen LogP contribution in [0.2, 0.25) is 0 Å². The molecule has 1 aliphatic heterocycles. The van der Waals surface area contributed by atoms with Crippen LogP contribution in [0.15, 0.2) is 30.3 Å². The molecule has 1 heterocycles. The van der Waals surface area contributed by atoms with Crippen LogP contribution < -0.4 is 5.32 Å². The Morgan fingerprint density at radius 1 is 1.06 bits per heavy atom. The first-order chi connectivity index (χ1) is 8.75. The molecule has 1 N–H and O–H groups in total. The topological polar surface area (TPSA) is 46.2 Å². The molecule has 0 spiro atoms. The number of nitrogens with one attached hydrogen (secondary N) is 1. The first kappa shape index (κ1) is 13.1. The molecule has 0 radical (unpaired) electrons. The van der Waals surface area contributed by atoms with Crippen LogP contribution in [0.5, 0.6) is 0 Å². The van der Waals surface area contributed by atoms with Gasteiger partial charge in [-0.1, -0.05) is 54.9 Å². The molecule has 1 aromatic carbocycles. The minimum absolute atomic E-state index is 0.118. The number of amides is 2. The highest BCUT2D eigenvalue weighted by Crippen LogP contribution is 2.24. The van der Waals surface area contributed by atoms with E-state index in [1.54, 1.807) is 0 Å². The summed E-state index contributed by atoms with van der Waals surface area (Å²) in [6.07, 6.45) is 5.14. The summed E-state index contributed by atoms with van der Waals surface area (Å²) < 4.78 is 0. The Morgan fingerprint density at radius 3 is 2.50 bits per heavy atom.